The van der Waals surface area contributed by atoms with Crippen molar-refractivity contribution in [1.29, 1.82) is 0 Å². The predicted octanol–water partition coefficient (Wildman–Crippen LogP) is 1.10. The molecule has 0 aliphatic heterocycles. The highest BCUT2D eigenvalue weighted by Crippen LogP contribution is 2.20. The highest BCUT2D eigenvalue weighted by atomic mass is 32.1. The maximum absolute atomic E-state index is 5.45. The third kappa shape index (κ3) is 1.94. The molecule has 0 unspecified atom stereocenters. The molecule has 0 bridgehead atoms. The Kier molecular flexibility index (Phi) is 2.81. The Hall–Kier alpha value is -1.33. The van der Waals surface area contributed by atoms with Gasteiger partial charge < -0.3 is 5.73 Å². The van der Waals surface area contributed by atoms with Gasteiger partial charge in [-0.2, -0.15) is 5.10 Å². The van der Waals surface area contributed by atoms with E-state index in [0.717, 1.165) is 22.8 Å². The maximum atomic E-state index is 5.45. The summed E-state index contributed by atoms with van der Waals surface area (Å²) in [6.07, 6.45) is 2.47. The van der Waals surface area contributed by atoms with Gasteiger partial charge in [-0.25, -0.2) is 4.98 Å². The van der Waals surface area contributed by atoms with Crippen LogP contribution in [-0.2, 0) is 6.42 Å². The number of thiazole rings is 1. The van der Waals surface area contributed by atoms with Crippen LogP contribution in [0, 0.1) is 0 Å². The molecule has 0 radical (unpaired) electrons. The summed E-state index contributed by atoms with van der Waals surface area (Å²) in [6.45, 7) is 0.629. The van der Waals surface area contributed by atoms with E-state index < -0.39 is 0 Å². The maximum Gasteiger partial charge on any atom is 0.144 e. The summed E-state index contributed by atoms with van der Waals surface area (Å²) >= 11 is 1.57. The van der Waals surface area contributed by atoms with Gasteiger partial charge in [0.1, 0.15) is 10.7 Å². The van der Waals surface area contributed by atoms with Gasteiger partial charge in [0.25, 0.3) is 0 Å². The molecule has 0 atom stereocenters. The Balaban J connectivity index is 2.25. The Bertz CT molecular complexity index is 398. The summed E-state index contributed by atoms with van der Waals surface area (Å²) in [5.74, 6) is 0. The van der Waals surface area contributed by atoms with Gasteiger partial charge in [0.05, 0.1) is 5.69 Å². The van der Waals surface area contributed by atoms with Crippen molar-refractivity contribution in [3.05, 3.63) is 29.4 Å². The van der Waals surface area contributed by atoms with E-state index in [-0.39, 0.29) is 0 Å². The zero-order valence-electron chi connectivity index (χ0n) is 7.55. The number of nitrogens with zero attached hydrogens (tertiary/aromatic N) is 3. The lowest BCUT2D eigenvalue weighted by atomic mass is 10.3. The molecular weight excluding hydrogens is 196 g/mol. The zero-order valence-corrected chi connectivity index (χ0v) is 8.37. The molecule has 2 N–H and O–H groups in total. The second-order valence-electron chi connectivity index (χ2n) is 2.79. The first-order valence-corrected chi connectivity index (χ1v) is 5.20. The molecule has 0 aliphatic carbocycles. The Morgan fingerprint density at radius 3 is 3.07 bits per heavy atom. The summed E-state index contributed by atoms with van der Waals surface area (Å²) in [5, 5.41) is 10.7. The van der Waals surface area contributed by atoms with E-state index in [2.05, 4.69) is 15.2 Å². The van der Waals surface area contributed by atoms with Crippen LogP contribution in [0.5, 0.6) is 0 Å². The number of rotatable bonds is 3. The molecule has 5 heteroatoms. The second kappa shape index (κ2) is 4.26. The lowest BCUT2D eigenvalue weighted by Crippen LogP contribution is -2.02. The first kappa shape index (κ1) is 9.23. The van der Waals surface area contributed by atoms with Crippen LogP contribution in [0.2, 0.25) is 0 Å². The monoisotopic (exact) mass is 206 g/mol. The van der Waals surface area contributed by atoms with E-state index in [1.54, 1.807) is 17.5 Å². The van der Waals surface area contributed by atoms with Crippen LogP contribution in [0.4, 0.5) is 0 Å². The van der Waals surface area contributed by atoms with E-state index in [1.165, 1.54) is 0 Å². The van der Waals surface area contributed by atoms with E-state index in [4.69, 9.17) is 5.73 Å². The van der Waals surface area contributed by atoms with Crippen molar-refractivity contribution in [2.24, 2.45) is 5.73 Å². The zero-order chi connectivity index (χ0) is 9.80. The fourth-order valence-electron chi connectivity index (χ4n) is 1.10. The topological polar surface area (TPSA) is 64.7 Å². The Morgan fingerprint density at radius 2 is 2.36 bits per heavy atom. The van der Waals surface area contributed by atoms with Crippen LogP contribution in [0.15, 0.2) is 23.7 Å². The molecule has 0 saturated heterocycles. The minimum absolute atomic E-state index is 0.629. The highest BCUT2D eigenvalue weighted by Gasteiger charge is 2.04. The predicted molar refractivity (Wildman–Crippen MR) is 55.9 cm³/mol. The van der Waals surface area contributed by atoms with Gasteiger partial charge in [0.15, 0.2) is 0 Å². The number of aromatic nitrogens is 3. The summed E-state index contributed by atoms with van der Waals surface area (Å²) in [4.78, 5) is 4.41. The second-order valence-corrected chi connectivity index (χ2v) is 3.65. The summed E-state index contributed by atoms with van der Waals surface area (Å²) in [5.41, 5.74) is 7.29. The van der Waals surface area contributed by atoms with Crippen molar-refractivity contribution in [2.45, 2.75) is 6.42 Å². The molecule has 0 spiro atoms. The summed E-state index contributed by atoms with van der Waals surface area (Å²) < 4.78 is 0. The standard InChI is InChI=1S/C9H10N4S/c10-4-3-7-6-14-9(12-7)8-2-1-5-11-13-8/h1-2,5-6H,3-4,10H2. The molecular formula is C9H10N4S. The number of hydrogen-bond donors (Lipinski definition) is 1. The van der Waals surface area contributed by atoms with Gasteiger partial charge in [0.2, 0.25) is 0 Å². The first-order valence-electron chi connectivity index (χ1n) is 4.32. The summed E-state index contributed by atoms with van der Waals surface area (Å²) in [7, 11) is 0. The lowest BCUT2D eigenvalue weighted by molar-refractivity contribution is 0.934. The van der Waals surface area contributed by atoms with Crippen molar-refractivity contribution >= 4 is 11.3 Å². The number of hydrogen-bond acceptors (Lipinski definition) is 5. The minimum atomic E-state index is 0.629. The normalized spacial score (nSPS) is 10.4. The number of nitrogens with two attached hydrogens (primary N) is 1. The molecule has 2 rings (SSSR count). The quantitative estimate of drug-likeness (QED) is 0.816. The molecule has 0 fully saturated rings. The SMILES string of the molecule is NCCc1csc(-c2cccnn2)n1. The van der Waals surface area contributed by atoms with Crippen LogP contribution < -0.4 is 5.73 Å². The van der Waals surface area contributed by atoms with Crippen molar-refractivity contribution in [1.82, 2.24) is 15.2 Å². The Morgan fingerprint density at radius 1 is 1.43 bits per heavy atom. The molecule has 0 amide bonds. The molecule has 2 aromatic rings. The van der Waals surface area contributed by atoms with Gasteiger partial charge in [-0.05, 0) is 18.7 Å². The Labute approximate surface area is 85.8 Å². The van der Waals surface area contributed by atoms with Gasteiger partial charge in [-0.1, -0.05) is 0 Å². The third-order valence-corrected chi connectivity index (χ3v) is 2.66. The minimum Gasteiger partial charge on any atom is -0.330 e. The van der Waals surface area contributed by atoms with Crippen molar-refractivity contribution in [2.75, 3.05) is 6.54 Å². The first-order chi connectivity index (χ1) is 6.90. The van der Waals surface area contributed by atoms with Crippen molar-refractivity contribution in [3.8, 4) is 10.7 Å². The van der Waals surface area contributed by atoms with Crippen LogP contribution >= 0.6 is 11.3 Å². The van der Waals surface area contributed by atoms with Crippen LogP contribution in [0.1, 0.15) is 5.69 Å². The molecule has 2 aromatic heterocycles. The largest absolute Gasteiger partial charge is 0.330 e. The van der Waals surface area contributed by atoms with Crippen LogP contribution in [0.3, 0.4) is 0 Å². The smallest absolute Gasteiger partial charge is 0.144 e. The van der Waals surface area contributed by atoms with Gasteiger partial charge in [-0.15, -0.1) is 16.4 Å². The van der Waals surface area contributed by atoms with Crippen molar-refractivity contribution in [3.63, 3.8) is 0 Å². The fraction of sp³-hybridized carbons (Fsp3) is 0.222. The van der Waals surface area contributed by atoms with Gasteiger partial charge >= 0.3 is 0 Å². The van der Waals surface area contributed by atoms with E-state index in [1.807, 2.05) is 17.5 Å². The van der Waals surface area contributed by atoms with Gasteiger partial charge in [-0.3, -0.25) is 0 Å². The highest BCUT2D eigenvalue weighted by molar-refractivity contribution is 7.13. The molecule has 72 valence electrons. The molecule has 0 saturated carbocycles. The molecule has 0 aromatic carbocycles. The van der Waals surface area contributed by atoms with Crippen molar-refractivity contribution < 1.29 is 0 Å². The molecule has 4 nitrogen and oxygen atoms in total. The molecule has 14 heavy (non-hydrogen) atoms. The lowest BCUT2D eigenvalue weighted by Gasteiger charge is -1.91. The van der Waals surface area contributed by atoms with Gasteiger partial charge in [0, 0.05) is 18.0 Å². The van der Waals surface area contributed by atoms with Crippen LogP contribution in [-0.4, -0.2) is 21.7 Å². The van der Waals surface area contributed by atoms with Crippen LogP contribution in [0.25, 0.3) is 10.7 Å². The molecule has 2 heterocycles. The van der Waals surface area contributed by atoms with E-state index >= 15 is 0 Å². The third-order valence-electron chi connectivity index (χ3n) is 1.74. The average Bonchev–Trinajstić information content (AvgIpc) is 2.68. The average molecular weight is 206 g/mol. The summed E-state index contributed by atoms with van der Waals surface area (Å²) in [6, 6.07) is 3.75. The van der Waals surface area contributed by atoms with E-state index in [0.29, 0.717) is 6.54 Å². The van der Waals surface area contributed by atoms with E-state index in [9.17, 15) is 0 Å². The fourth-order valence-corrected chi connectivity index (χ4v) is 1.92. The molecule has 0 aliphatic rings.